The first-order valence-electron chi connectivity index (χ1n) is 6.19. The summed E-state index contributed by atoms with van der Waals surface area (Å²) in [6.45, 7) is 2.70. The quantitative estimate of drug-likeness (QED) is 0.407. The largest absolute Gasteiger partial charge is 0.393 e. The normalized spacial score (nSPS) is 17.7. The van der Waals surface area contributed by atoms with E-state index in [1.807, 2.05) is 12.1 Å². The summed E-state index contributed by atoms with van der Waals surface area (Å²) in [6.07, 6.45) is 1.54. The number of hydrogen-bond donors (Lipinski definition) is 3. The molecule has 1 heterocycles. The van der Waals surface area contributed by atoms with Crippen LogP contribution in [0, 0.1) is 0 Å². The molecule has 1 aliphatic rings. The SMILES string of the molecule is NNC(=O)c1ccc(CN2CCC(O)CC2)cc1. The lowest BCUT2D eigenvalue weighted by atomic mass is 10.1. The van der Waals surface area contributed by atoms with Crippen LogP contribution < -0.4 is 11.3 Å². The molecule has 1 saturated heterocycles. The summed E-state index contributed by atoms with van der Waals surface area (Å²) in [5.74, 6) is 4.80. The highest BCUT2D eigenvalue weighted by Crippen LogP contribution is 2.14. The Balaban J connectivity index is 1.92. The third-order valence-electron chi connectivity index (χ3n) is 3.31. The van der Waals surface area contributed by atoms with Crippen molar-refractivity contribution < 1.29 is 9.90 Å². The molecule has 98 valence electrons. The number of nitrogens with two attached hydrogens (primary N) is 1. The summed E-state index contributed by atoms with van der Waals surface area (Å²) in [6, 6.07) is 7.43. The molecule has 1 amide bonds. The first-order chi connectivity index (χ1) is 8.69. The highest BCUT2D eigenvalue weighted by atomic mass is 16.3. The lowest BCUT2D eigenvalue weighted by Crippen LogP contribution is -2.35. The van der Waals surface area contributed by atoms with E-state index in [0.717, 1.165) is 32.5 Å². The molecule has 1 aliphatic heterocycles. The fourth-order valence-corrected chi connectivity index (χ4v) is 2.18. The highest BCUT2D eigenvalue weighted by Gasteiger charge is 2.16. The van der Waals surface area contributed by atoms with Crippen molar-refractivity contribution in [3.63, 3.8) is 0 Å². The smallest absolute Gasteiger partial charge is 0.265 e. The van der Waals surface area contributed by atoms with Crippen molar-refractivity contribution in [3.05, 3.63) is 35.4 Å². The van der Waals surface area contributed by atoms with Gasteiger partial charge >= 0.3 is 0 Å². The maximum Gasteiger partial charge on any atom is 0.265 e. The van der Waals surface area contributed by atoms with E-state index in [2.05, 4.69) is 10.3 Å². The second-order valence-corrected chi connectivity index (χ2v) is 4.68. The number of amides is 1. The molecule has 0 bridgehead atoms. The Morgan fingerprint density at radius 2 is 1.94 bits per heavy atom. The van der Waals surface area contributed by atoms with Gasteiger partial charge < -0.3 is 5.11 Å². The molecule has 0 radical (unpaired) electrons. The topological polar surface area (TPSA) is 78.6 Å². The molecule has 2 rings (SSSR count). The van der Waals surface area contributed by atoms with Crippen LogP contribution in [0.15, 0.2) is 24.3 Å². The number of aliphatic hydroxyl groups is 1. The van der Waals surface area contributed by atoms with Gasteiger partial charge in [-0.2, -0.15) is 0 Å². The van der Waals surface area contributed by atoms with Gasteiger partial charge in [0.05, 0.1) is 6.10 Å². The van der Waals surface area contributed by atoms with Crippen LogP contribution in [-0.4, -0.2) is 35.1 Å². The zero-order chi connectivity index (χ0) is 13.0. The van der Waals surface area contributed by atoms with Gasteiger partial charge in [-0.05, 0) is 30.5 Å². The second kappa shape index (κ2) is 5.95. The van der Waals surface area contributed by atoms with Gasteiger partial charge in [-0.1, -0.05) is 12.1 Å². The van der Waals surface area contributed by atoms with Crippen molar-refractivity contribution in [1.29, 1.82) is 0 Å². The zero-order valence-electron chi connectivity index (χ0n) is 10.3. The molecule has 0 aliphatic carbocycles. The number of carbonyl (C=O) groups excluding carboxylic acids is 1. The molecule has 5 nitrogen and oxygen atoms in total. The first kappa shape index (κ1) is 13.0. The van der Waals surface area contributed by atoms with Crippen LogP contribution in [0.2, 0.25) is 0 Å². The fraction of sp³-hybridized carbons (Fsp3) is 0.462. The summed E-state index contributed by atoms with van der Waals surface area (Å²) in [5, 5.41) is 9.43. The van der Waals surface area contributed by atoms with E-state index in [9.17, 15) is 9.90 Å². The molecular weight excluding hydrogens is 230 g/mol. The average Bonchev–Trinajstić information content (AvgIpc) is 2.41. The number of likely N-dealkylation sites (tertiary alicyclic amines) is 1. The Kier molecular flexibility index (Phi) is 4.30. The highest BCUT2D eigenvalue weighted by molar-refractivity contribution is 5.93. The van der Waals surface area contributed by atoms with Crippen molar-refractivity contribution in [2.24, 2.45) is 5.84 Å². The van der Waals surface area contributed by atoms with Gasteiger partial charge in [0.1, 0.15) is 0 Å². The van der Waals surface area contributed by atoms with Crippen molar-refractivity contribution in [2.75, 3.05) is 13.1 Å². The minimum absolute atomic E-state index is 0.142. The third kappa shape index (κ3) is 3.29. The van der Waals surface area contributed by atoms with Crippen LogP contribution in [0.25, 0.3) is 0 Å². The van der Waals surface area contributed by atoms with E-state index in [4.69, 9.17) is 5.84 Å². The summed E-state index contributed by atoms with van der Waals surface area (Å²) >= 11 is 0. The first-order valence-corrected chi connectivity index (χ1v) is 6.19. The standard InChI is InChI=1S/C13H19N3O2/c14-15-13(18)11-3-1-10(2-4-11)9-16-7-5-12(17)6-8-16/h1-4,12,17H,5-9,14H2,(H,15,18). The van der Waals surface area contributed by atoms with Crippen molar-refractivity contribution in [1.82, 2.24) is 10.3 Å². The fourth-order valence-electron chi connectivity index (χ4n) is 2.18. The number of nitrogen functional groups attached to an aromatic ring is 1. The molecule has 0 aromatic heterocycles. The lowest BCUT2D eigenvalue weighted by Gasteiger charge is -2.29. The van der Waals surface area contributed by atoms with Crippen LogP contribution in [0.3, 0.4) is 0 Å². The van der Waals surface area contributed by atoms with Crippen molar-refractivity contribution in [2.45, 2.75) is 25.5 Å². The summed E-state index contributed by atoms with van der Waals surface area (Å²) in [7, 11) is 0. The molecule has 1 aromatic carbocycles. The predicted octanol–water partition coefficient (Wildman–Crippen LogP) is 0.247. The zero-order valence-corrected chi connectivity index (χ0v) is 10.3. The van der Waals surface area contributed by atoms with Crippen molar-refractivity contribution >= 4 is 5.91 Å². The minimum Gasteiger partial charge on any atom is -0.393 e. The number of benzene rings is 1. The number of piperidine rings is 1. The number of rotatable bonds is 3. The molecular formula is C13H19N3O2. The number of hydrazine groups is 1. The minimum atomic E-state index is -0.275. The van der Waals surface area contributed by atoms with Crippen LogP contribution >= 0.6 is 0 Å². The van der Waals surface area contributed by atoms with E-state index < -0.39 is 0 Å². The second-order valence-electron chi connectivity index (χ2n) is 4.68. The van der Waals surface area contributed by atoms with E-state index in [1.165, 1.54) is 5.56 Å². The number of carbonyl (C=O) groups is 1. The Bertz CT molecular complexity index is 397. The van der Waals surface area contributed by atoms with Crippen LogP contribution in [0.5, 0.6) is 0 Å². The molecule has 0 saturated carbocycles. The summed E-state index contributed by atoms with van der Waals surface area (Å²) in [5.41, 5.74) is 3.84. The molecule has 5 heteroatoms. The molecule has 0 atom stereocenters. The monoisotopic (exact) mass is 249 g/mol. The summed E-state index contributed by atoms with van der Waals surface area (Å²) < 4.78 is 0. The number of nitrogens with zero attached hydrogens (tertiary/aromatic N) is 1. The molecule has 0 unspecified atom stereocenters. The van der Waals surface area contributed by atoms with Gasteiger partial charge in [-0.25, -0.2) is 5.84 Å². The van der Waals surface area contributed by atoms with Gasteiger partial charge in [0, 0.05) is 25.2 Å². The van der Waals surface area contributed by atoms with E-state index >= 15 is 0 Å². The maximum atomic E-state index is 11.3. The average molecular weight is 249 g/mol. The van der Waals surface area contributed by atoms with Crippen molar-refractivity contribution in [3.8, 4) is 0 Å². The number of aliphatic hydroxyl groups excluding tert-OH is 1. The Morgan fingerprint density at radius 1 is 1.33 bits per heavy atom. The van der Waals surface area contributed by atoms with E-state index in [-0.39, 0.29) is 12.0 Å². The van der Waals surface area contributed by atoms with Crippen LogP contribution in [-0.2, 0) is 6.54 Å². The summed E-state index contributed by atoms with van der Waals surface area (Å²) in [4.78, 5) is 13.6. The van der Waals surface area contributed by atoms with E-state index in [1.54, 1.807) is 12.1 Å². The predicted molar refractivity (Wildman–Crippen MR) is 68.6 cm³/mol. The van der Waals surface area contributed by atoms with Crippen LogP contribution in [0.4, 0.5) is 0 Å². The molecule has 4 N–H and O–H groups in total. The van der Waals surface area contributed by atoms with Gasteiger partial charge in [0.2, 0.25) is 0 Å². The van der Waals surface area contributed by atoms with Gasteiger partial charge in [-0.3, -0.25) is 15.1 Å². The molecule has 1 fully saturated rings. The van der Waals surface area contributed by atoms with Gasteiger partial charge in [0.15, 0.2) is 0 Å². The maximum absolute atomic E-state index is 11.3. The Labute approximate surface area is 107 Å². The Morgan fingerprint density at radius 3 is 2.50 bits per heavy atom. The molecule has 18 heavy (non-hydrogen) atoms. The van der Waals surface area contributed by atoms with E-state index in [0.29, 0.717) is 5.56 Å². The number of hydrogen-bond acceptors (Lipinski definition) is 4. The lowest BCUT2D eigenvalue weighted by molar-refractivity contribution is 0.0792. The van der Waals surface area contributed by atoms with Crippen LogP contribution in [0.1, 0.15) is 28.8 Å². The Hall–Kier alpha value is -1.43. The molecule has 1 aromatic rings. The number of nitrogens with one attached hydrogen (secondary N) is 1. The third-order valence-corrected chi connectivity index (χ3v) is 3.31. The molecule has 0 spiro atoms. The van der Waals surface area contributed by atoms with Gasteiger partial charge in [0.25, 0.3) is 5.91 Å². The van der Waals surface area contributed by atoms with Gasteiger partial charge in [-0.15, -0.1) is 0 Å².